The second-order valence-electron chi connectivity index (χ2n) is 8.11. The number of halogens is 1. The average molecular weight is 487 g/mol. The summed E-state index contributed by atoms with van der Waals surface area (Å²) in [5.74, 6) is -0.869. The molecule has 0 spiro atoms. The molecule has 0 aliphatic carbocycles. The number of amides is 3. The first kappa shape index (κ1) is 24.4. The van der Waals surface area contributed by atoms with Gasteiger partial charge in [0.2, 0.25) is 11.8 Å². The largest absolute Gasteiger partial charge is 0.479 e. The van der Waals surface area contributed by atoms with Gasteiger partial charge in [-0.15, -0.1) is 0 Å². The molecule has 35 heavy (non-hydrogen) atoms. The molecular weight excluding hydrogens is 459 g/mol. The molecule has 1 saturated heterocycles. The van der Waals surface area contributed by atoms with E-state index >= 15 is 0 Å². The maximum atomic E-state index is 14.9. The summed E-state index contributed by atoms with van der Waals surface area (Å²) < 4.78 is 30.9. The summed E-state index contributed by atoms with van der Waals surface area (Å²) in [6, 6.07) is 6.07. The fourth-order valence-electron chi connectivity index (χ4n) is 4.07. The lowest BCUT2D eigenvalue weighted by Gasteiger charge is -2.18. The number of rotatable bonds is 10. The van der Waals surface area contributed by atoms with Gasteiger partial charge in [0.1, 0.15) is 18.1 Å². The standard InChI is InChI=1S/C24H27FN4O6/c1-3-34-22-5-4-16(12-27-22)35-20-6-8-29(24(20)32)15-10-17-18(19(25)11-15)13-28(23(17)31)14-21(30)26-7-9-33-2/h4-5,10-12,20H,3,6-9,13-14H2,1-2H3,(H,26,30)/t20-/m1/s1. The Morgan fingerprint density at radius 1 is 1.29 bits per heavy atom. The van der Waals surface area contributed by atoms with Gasteiger partial charge in [-0.05, 0) is 25.1 Å². The predicted octanol–water partition coefficient (Wildman–Crippen LogP) is 1.52. The molecule has 2 aliphatic rings. The van der Waals surface area contributed by atoms with Crippen LogP contribution >= 0.6 is 0 Å². The molecule has 1 aromatic carbocycles. The molecule has 1 atom stereocenters. The van der Waals surface area contributed by atoms with Gasteiger partial charge >= 0.3 is 0 Å². The maximum Gasteiger partial charge on any atom is 0.268 e. The Kier molecular flexibility index (Phi) is 7.45. The van der Waals surface area contributed by atoms with E-state index < -0.39 is 17.8 Å². The lowest BCUT2D eigenvalue weighted by Crippen LogP contribution is -2.38. The molecule has 4 rings (SSSR count). The van der Waals surface area contributed by atoms with E-state index in [4.69, 9.17) is 14.2 Å². The van der Waals surface area contributed by atoms with Crippen LogP contribution < -0.4 is 19.7 Å². The zero-order valence-electron chi connectivity index (χ0n) is 19.6. The van der Waals surface area contributed by atoms with E-state index in [0.29, 0.717) is 44.4 Å². The Morgan fingerprint density at radius 2 is 2.11 bits per heavy atom. The van der Waals surface area contributed by atoms with Gasteiger partial charge in [-0.1, -0.05) is 0 Å². The first-order valence-corrected chi connectivity index (χ1v) is 11.4. The Hall–Kier alpha value is -3.73. The van der Waals surface area contributed by atoms with Crippen LogP contribution in [0.1, 0.15) is 29.3 Å². The SMILES string of the molecule is CCOc1ccc(O[C@@H]2CCN(c3cc(F)c4c(c3)C(=O)N(CC(=O)NCCOC)C4)C2=O)cn1. The zero-order chi connectivity index (χ0) is 24.9. The lowest BCUT2D eigenvalue weighted by atomic mass is 10.1. The second kappa shape index (κ2) is 10.7. The quantitative estimate of drug-likeness (QED) is 0.507. The van der Waals surface area contributed by atoms with E-state index in [0.717, 1.165) is 0 Å². The number of anilines is 1. The average Bonchev–Trinajstić information content (AvgIpc) is 3.35. The van der Waals surface area contributed by atoms with Crippen molar-refractivity contribution < 1.29 is 33.0 Å². The highest BCUT2D eigenvalue weighted by atomic mass is 19.1. The minimum atomic E-state index is -0.756. The summed E-state index contributed by atoms with van der Waals surface area (Å²) in [7, 11) is 1.52. The molecule has 0 radical (unpaired) electrons. The van der Waals surface area contributed by atoms with Gasteiger partial charge in [0.25, 0.3) is 11.8 Å². The third-order valence-electron chi connectivity index (χ3n) is 5.76. The highest BCUT2D eigenvalue weighted by molar-refractivity contribution is 6.03. The molecule has 2 aliphatic heterocycles. The highest BCUT2D eigenvalue weighted by Gasteiger charge is 2.37. The predicted molar refractivity (Wildman–Crippen MR) is 123 cm³/mol. The van der Waals surface area contributed by atoms with Crippen molar-refractivity contribution in [2.24, 2.45) is 0 Å². The summed E-state index contributed by atoms with van der Waals surface area (Å²) in [6.07, 6.45) is 1.12. The molecule has 0 saturated carbocycles. The molecule has 0 bridgehead atoms. The third-order valence-corrected chi connectivity index (χ3v) is 5.76. The van der Waals surface area contributed by atoms with Crippen molar-refractivity contribution in [2.45, 2.75) is 26.0 Å². The number of fused-ring (bicyclic) bond motifs is 1. The Morgan fingerprint density at radius 3 is 2.83 bits per heavy atom. The maximum absolute atomic E-state index is 14.9. The Labute approximate surface area is 202 Å². The fraction of sp³-hybridized carbons (Fsp3) is 0.417. The Balaban J connectivity index is 1.42. The number of methoxy groups -OCH3 is 1. The van der Waals surface area contributed by atoms with Crippen LogP contribution in [-0.4, -0.2) is 73.7 Å². The van der Waals surface area contributed by atoms with Crippen LogP contribution in [0, 0.1) is 5.82 Å². The van der Waals surface area contributed by atoms with E-state index in [9.17, 15) is 18.8 Å². The summed E-state index contributed by atoms with van der Waals surface area (Å²) >= 11 is 0. The second-order valence-corrected chi connectivity index (χ2v) is 8.11. The monoisotopic (exact) mass is 486 g/mol. The summed E-state index contributed by atoms with van der Waals surface area (Å²) in [5.41, 5.74) is 0.642. The van der Waals surface area contributed by atoms with Crippen molar-refractivity contribution >= 4 is 23.4 Å². The van der Waals surface area contributed by atoms with Gasteiger partial charge in [-0.2, -0.15) is 0 Å². The van der Waals surface area contributed by atoms with Gasteiger partial charge in [0, 0.05) is 49.5 Å². The van der Waals surface area contributed by atoms with Gasteiger partial charge in [-0.3, -0.25) is 14.4 Å². The van der Waals surface area contributed by atoms with Crippen LogP contribution in [0.5, 0.6) is 11.6 Å². The van der Waals surface area contributed by atoms with Crippen molar-refractivity contribution in [3.8, 4) is 11.6 Å². The van der Waals surface area contributed by atoms with Crippen molar-refractivity contribution in [1.29, 1.82) is 0 Å². The molecule has 3 amide bonds. The van der Waals surface area contributed by atoms with Crippen molar-refractivity contribution in [1.82, 2.24) is 15.2 Å². The third kappa shape index (κ3) is 5.35. The minimum absolute atomic E-state index is 0.0115. The van der Waals surface area contributed by atoms with E-state index in [1.807, 2.05) is 6.92 Å². The van der Waals surface area contributed by atoms with Crippen LogP contribution in [0.2, 0.25) is 0 Å². The molecule has 2 aromatic rings. The van der Waals surface area contributed by atoms with Gasteiger partial charge in [-0.25, -0.2) is 9.37 Å². The van der Waals surface area contributed by atoms with Crippen molar-refractivity contribution in [3.63, 3.8) is 0 Å². The highest BCUT2D eigenvalue weighted by Crippen LogP contribution is 2.32. The summed E-state index contributed by atoms with van der Waals surface area (Å²) in [5, 5.41) is 2.64. The molecular formula is C24H27FN4O6. The van der Waals surface area contributed by atoms with Crippen molar-refractivity contribution in [2.75, 3.05) is 44.9 Å². The van der Waals surface area contributed by atoms with E-state index in [-0.39, 0.29) is 41.7 Å². The Bertz CT molecular complexity index is 1110. The first-order valence-electron chi connectivity index (χ1n) is 11.4. The lowest BCUT2D eigenvalue weighted by molar-refractivity contribution is -0.123. The number of nitrogens with zero attached hydrogens (tertiary/aromatic N) is 3. The first-order chi connectivity index (χ1) is 16.9. The molecule has 1 fully saturated rings. The van der Waals surface area contributed by atoms with Crippen LogP contribution in [-0.2, 0) is 20.9 Å². The molecule has 3 heterocycles. The topological polar surface area (TPSA) is 110 Å². The van der Waals surface area contributed by atoms with Gasteiger partial charge in [0.05, 0.1) is 26.0 Å². The van der Waals surface area contributed by atoms with Gasteiger partial charge in [0.15, 0.2) is 6.10 Å². The molecule has 11 heteroatoms. The smallest absolute Gasteiger partial charge is 0.268 e. The number of ether oxygens (including phenoxy) is 3. The number of nitrogens with one attached hydrogen (secondary N) is 1. The van der Waals surface area contributed by atoms with Crippen LogP contribution in [0.25, 0.3) is 0 Å². The molecule has 10 nitrogen and oxygen atoms in total. The van der Waals surface area contributed by atoms with E-state index in [2.05, 4.69) is 10.3 Å². The summed E-state index contributed by atoms with van der Waals surface area (Å²) in [6.45, 7) is 3.11. The number of aromatic nitrogens is 1. The normalized spacial score (nSPS) is 17.1. The number of benzene rings is 1. The van der Waals surface area contributed by atoms with Gasteiger partial charge < -0.3 is 29.3 Å². The number of carbonyl (C=O) groups excluding carboxylic acids is 3. The number of carbonyl (C=O) groups is 3. The number of pyridine rings is 1. The number of hydrogen-bond acceptors (Lipinski definition) is 7. The number of hydrogen-bond donors (Lipinski definition) is 1. The molecule has 1 N–H and O–H groups in total. The summed E-state index contributed by atoms with van der Waals surface area (Å²) in [4.78, 5) is 44.7. The zero-order valence-corrected chi connectivity index (χ0v) is 19.6. The molecule has 1 aromatic heterocycles. The molecule has 186 valence electrons. The van der Waals surface area contributed by atoms with Crippen LogP contribution in [0.15, 0.2) is 30.5 Å². The van der Waals surface area contributed by atoms with E-state index in [1.165, 1.54) is 35.2 Å². The van der Waals surface area contributed by atoms with Crippen molar-refractivity contribution in [3.05, 3.63) is 47.4 Å². The van der Waals surface area contributed by atoms with E-state index in [1.54, 1.807) is 12.1 Å². The minimum Gasteiger partial charge on any atom is -0.479 e. The van der Waals surface area contributed by atoms with Crippen LogP contribution in [0.3, 0.4) is 0 Å². The molecule has 0 unspecified atom stereocenters. The van der Waals surface area contributed by atoms with Crippen LogP contribution in [0.4, 0.5) is 10.1 Å². The fourth-order valence-corrected chi connectivity index (χ4v) is 4.07.